The van der Waals surface area contributed by atoms with Gasteiger partial charge in [0.25, 0.3) is 0 Å². The minimum atomic E-state index is -0.597. The van der Waals surface area contributed by atoms with E-state index in [1.165, 1.54) is 0 Å². The van der Waals surface area contributed by atoms with Crippen LogP contribution in [0.3, 0.4) is 0 Å². The first kappa shape index (κ1) is 19.9. The van der Waals surface area contributed by atoms with E-state index in [1.54, 1.807) is 24.5 Å². The van der Waals surface area contributed by atoms with Crippen LogP contribution in [0.25, 0.3) is 0 Å². The van der Waals surface area contributed by atoms with Crippen LogP contribution in [-0.4, -0.2) is 29.5 Å². The lowest BCUT2D eigenvalue weighted by Gasteiger charge is -2.08. The minimum Gasteiger partial charge on any atom is -0.482 e. The summed E-state index contributed by atoms with van der Waals surface area (Å²) in [5.74, 6) is 0.502. The number of carbonyl (C=O) groups is 2. The van der Waals surface area contributed by atoms with Gasteiger partial charge in [0.15, 0.2) is 13.2 Å². The second kappa shape index (κ2) is 8.93. The maximum Gasteiger partial charge on any atom is 0.344 e. The van der Waals surface area contributed by atoms with E-state index in [-0.39, 0.29) is 19.0 Å². The lowest BCUT2D eigenvalue weighted by atomic mass is 10.1. The summed E-state index contributed by atoms with van der Waals surface area (Å²) in [6, 6.07) is 12.6. The number of nitrogens with zero attached hydrogens (tertiary/aromatic N) is 1. The number of aryl methyl sites for hydroxylation is 1. The number of aromatic nitrogens is 1. The molecule has 7 heteroatoms. The highest BCUT2D eigenvalue weighted by Crippen LogP contribution is 2.18. The molecular weight excluding hydrogens is 426 g/mol. The lowest BCUT2D eigenvalue weighted by Crippen LogP contribution is -2.20. The monoisotopic (exact) mass is 445 g/mol. The van der Waals surface area contributed by atoms with Crippen molar-refractivity contribution in [1.29, 1.82) is 0 Å². The zero-order valence-electron chi connectivity index (χ0n) is 15.6. The van der Waals surface area contributed by atoms with Gasteiger partial charge in [0.1, 0.15) is 11.5 Å². The first-order chi connectivity index (χ1) is 13.4. The van der Waals surface area contributed by atoms with Gasteiger partial charge in [-0.25, -0.2) is 4.79 Å². The Bertz CT molecular complexity index is 958. The summed E-state index contributed by atoms with van der Waals surface area (Å²) in [5.41, 5.74) is 2.27. The van der Waals surface area contributed by atoms with E-state index in [0.717, 1.165) is 21.6 Å². The summed E-state index contributed by atoms with van der Waals surface area (Å²) in [6.07, 6.45) is 1.62. The van der Waals surface area contributed by atoms with Gasteiger partial charge in [-0.2, -0.15) is 0 Å². The molecule has 0 saturated heterocycles. The van der Waals surface area contributed by atoms with Crippen LogP contribution in [0.5, 0.6) is 5.75 Å². The van der Waals surface area contributed by atoms with Gasteiger partial charge in [-0.05, 0) is 56.3 Å². The molecule has 0 unspecified atom stereocenters. The molecule has 0 spiro atoms. The molecule has 3 aromatic rings. The third-order valence-corrected chi connectivity index (χ3v) is 4.83. The molecule has 6 nitrogen and oxygen atoms in total. The Balaban J connectivity index is 1.54. The van der Waals surface area contributed by atoms with E-state index in [1.807, 2.05) is 42.7 Å². The van der Waals surface area contributed by atoms with Gasteiger partial charge in [0.2, 0.25) is 5.78 Å². The van der Waals surface area contributed by atoms with Crippen LogP contribution in [0.4, 0.5) is 0 Å². The SMILES string of the molecule is Cc1cc(C(=O)COC(=O)COc2ccc(Br)cc2)c(C)n1Cc1ccco1. The van der Waals surface area contributed by atoms with E-state index in [2.05, 4.69) is 15.9 Å². The van der Waals surface area contributed by atoms with Crippen molar-refractivity contribution in [2.45, 2.75) is 20.4 Å². The van der Waals surface area contributed by atoms with Crippen molar-refractivity contribution in [3.8, 4) is 5.75 Å². The van der Waals surface area contributed by atoms with Crippen molar-refractivity contribution in [1.82, 2.24) is 4.57 Å². The van der Waals surface area contributed by atoms with Crippen LogP contribution in [0.15, 0.2) is 57.6 Å². The molecule has 28 heavy (non-hydrogen) atoms. The fourth-order valence-electron chi connectivity index (χ4n) is 2.82. The number of benzene rings is 1. The number of hydrogen-bond acceptors (Lipinski definition) is 5. The number of halogens is 1. The maximum atomic E-state index is 12.5. The second-order valence-corrected chi connectivity index (χ2v) is 7.19. The van der Waals surface area contributed by atoms with Gasteiger partial charge in [-0.1, -0.05) is 15.9 Å². The van der Waals surface area contributed by atoms with Crippen molar-refractivity contribution < 1.29 is 23.5 Å². The topological polar surface area (TPSA) is 70.7 Å². The van der Waals surface area contributed by atoms with Gasteiger partial charge in [-0.15, -0.1) is 0 Å². The van der Waals surface area contributed by atoms with Gasteiger partial charge in [0.05, 0.1) is 12.8 Å². The summed E-state index contributed by atoms with van der Waals surface area (Å²) in [4.78, 5) is 24.4. The van der Waals surface area contributed by atoms with Crippen molar-refractivity contribution >= 4 is 27.7 Å². The molecule has 1 aromatic carbocycles. The molecule has 0 saturated carbocycles. The molecule has 0 radical (unpaired) electrons. The number of rotatable bonds is 8. The molecule has 0 bridgehead atoms. The zero-order chi connectivity index (χ0) is 20.1. The third kappa shape index (κ3) is 4.92. The average Bonchev–Trinajstić information content (AvgIpc) is 3.29. The first-order valence-electron chi connectivity index (χ1n) is 8.70. The van der Waals surface area contributed by atoms with Crippen LogP contribution >= 0.6 is 15.9 Å². The van der Waals surface area contributed by atoms with Crippen molar-refractivity contribution in [3.05, 3.63) is 75.9 Å². The van der Waals surface area contributed by atoms with Gasteiger partial charge >= 0.3 is 5.97 Å². The van der Waals surface area contributed by atoms with E-state index in [4.69, 9.17) is 13.9 Å². The molecular formula is C21H20BrNO5. The zero-order valence-corrected chi connectivity index (χ0v) is 17.2. The number of ketones is 1. The maximum absolute atomic E-state index is 12.5. The van der Waals surface area contributed by atoms with Crippen LogP contribution in [0.2, 0.25) is 0 Å². The lowest BCUT2D eigenvalue weighted by molar-refractivity contribution is -0.144. The predicted octanol–water partition coefficient (Wildman–Crippen LogP) is 4.31. The Kier molecular flexibility index (Phi) is 6.36. The highest BCUT2D eigenvalue weighted by molar-refractivity contribution is 9.10. The summed E-state index contributed by atoms with van der Waals surface area (Å²) in [7, 11) is 0. The smallest absolute Gasteiger partial charge is 0.344 e. The van der Waals surface area contributed by atoms with Gasteiger partial charge in [-0.3, -0.25) is 4.79 Å². The van der Waals surface area contributed by atoms with Gasteiger partial charge in [0, 0.05) is 21.4 Å². The van der Waals surface area contributed by atoms with Crippen molar-refractivity contribution in [2.75, 3.05) is 13.2 Å². The molecule has 2 heterocycles. The van der Waals surface area contributed by atoms with Crippen LogP contribution in [0, 0.1) is 13.8 Å². The molecule has 0 fully saturated rings. The Labute approximate surface area is 171 Å². The van der Waals surface area contributed by atoms with Crippen LogP contribution < -0.4 is 4.74 Å². The van der Waals surface area contributed by atoms with Crippen molar-refractivity contribution in [3.63, 3.8) is 0 Å². The average molecular weight is 446 g/mol. The largest absolute Gasteiger partial charge is 0.482 e. The molecule has 146 valence electrons. The fourth-order valence-corrected chi connectivity index (χ4v) is 3.09. The molecule has 0 aliphatic rings. The van der Waals surface area contributed by atoms with E-state index in [0.29, 0.717) is 17.9 Å². The summed E-state index contributed by atoms with van der Waals surface area (Å²) in [6.45, 7) is 3.74. The molecule has 3 rings (SSSR count). The fraction of sp³-hybridized carbons (Fsp3) is 0.238. The molecule has 0 amide bonds. The van der Waals surface area contributed by atoms with Crippen LogP contribution in [-0.2, 0) is 16.1 Å². The second-order valence-electron chi connectivity index (χ2n) is 6.28. The van der Waals surface area contributed by atoms with Crippen molar-refractivity contribution in [2.24, 2.45) is 0 Å². The summed E-state index contributed by atoms with van der Waals surface area (Å²) in [5, 5.41) is 0. The highest BCUT2D eigenvalue weighted by atomic mass is 79.9. The molecule has 0 aliphatic carbocycles. The Morgan fingerprint density at radius 1 is 1.11 bits per heavy atom. The Morgan fingerprint density at radius 2 is 1.86 bits per heavy atom. The molecule has 0 aliphatic heterocycles. The Morgan fingerprint density at radius 3 is 2.54 bits per heavy atom. The minimum absolute atomic E-state index is 0.254. The summed E-state index contributed by atoms with van der Waals surface area (Å²) >= 11 is 3.33. The third-order valence-electron chi connectivity index (χ3n) is 4.30. The number of furan rings is 1. The molecule has 0 N–H and O–H groups in total. The number of ether oxygens (including phenoxy) is 2. The predicted molar refractivity (Wildman–Crippen MR) is 107 cm³/mol. The van der Waals surface area contributed by atoms with Gasteiger partial charge < -0.3 is 18.5 Å². The number of hydrogen-bond donors (Lipinski definition) is 0. The number of esters is 1. The van der Waals surface area contributed by atoms with Crippen LogP contribution in [0.1, 0.15) is 27.5 Å². The van der Waals surface area contributed by atoms with E-state index >= 15 is 0 Å². The Hall–Kier alpha value is -2.80. The first-order valence-corrected chi connectivity index (χ1v) is 9.49. The molecule has 0 atom stereocenters. The summed E-state index contributed by atoms with van der Waals surface area (Å²) < 4.78 is 18.7. The van der Waals surface area contributed by atoms with E-state index < -0.39 is 5.97 Å². The quantitative estimate of drug-likeness (QED) is 0.381. The van der Waals surface area contributed by atoms with E-state index in [9.17, 15) is 9.59 Å². The highest BCUT2D eigenvalue weighted by Gasteiger charge is 2.18. The molecule has 2 aromatic heterocycles. The normalized spacial score (nSPS) is 10.7. The standard InChI is InChI=1S/C21H20BrNO5/c1-14-10-19(15(2)23(14)11-18-4-3-9-26-18)20(24)12-28-21(25)13-27-17-7-5-16(22)6-8-17/h3-10H,11-13H2,1-2H3. The number of carbonyl (C=O) groups excluding carboxylic acids is 2. The number of Topliss-reactive ketones (excluding diaryl/α,β-unsaturated/α-hetero) is 1.